The molecule has 2 aromatic heterocycles. The number of hydrogen-bond donors (Lipinski definition) is 5. The van der Waals surface area contributed by atoms with Crippen LogP contribution in [0.15, 0.2) is 48.8 Å². The number of aromatic nitrogens is 2. The van der Waals surface area contributed by atoms with E-state index in [1.165, 1.54) is 6.42 Å². The minimum Gasteiger partial charge on any atom is -0.399 e. The van der Waals surface area contributed by atoms with Gasteiger partial charge in [0.05, 0.1) is 17.3 Å². The van der Waals surface area contributed by atoms with E-state index in [0.717, 1.165) is 47.7 Å². The first-order chi connectivity index (χ1) is 17.9. The number of nitrogens with one attached hydrogen (secondary N) is 2. The van der Waals surface area contributed by atoms with E-state index < -0.39 is 17.9 Å². The smallest absolute Gasteiger partial charge is 0.259 e. The Balaban J connectivity index is 1.47. The highest BCUT2D eigenvalue weighted by Gasteiger charge is 2.35. The van der Waals surface area contributed by atoms with Crippen molar-refractivity contribution >= 4 is 56.1 Å². The fourth-order valence-electron chi connectivity index (χ4n) is 5.70. The largest absolute Gasteiger partial charge is 0.399 e. The topological polar surface area (TPSA) is 142 Å². The number of piperidine rings is 1. The number of aromatic amines is 1. The molecule has 1 saturated heterocycles. The minimum atomic E-state index is -0.580. The van der Waals surface area contributed by atoms with Crippen LogP contribution in [0.4, 0.5) is 11.4 Å². The molecule has 1 atom stereocenters. The molecule has 2 aliphatic heterocycles. The summed E-state index contributed by atoms with van der Waals surface area (Å²) < 4.78 is 1.95. The third-order valence-electron chi connectivity index (χ3n) is 7.41. The van der Waals surface area contributed by atoms with E-state index >= 15 is 0 Å². The number of amides is 2. The van der Waals surface area contributed by atoms with Gasteiger partial charge in [0.1, 0.15) is 0 Å². The summed E-state index contributed by atoms with van der Waals surface area (Å²) in [6.07, 6.45) is 6.54. The molecule has 2 amide bonds. The summed E-state index contributed by atoms with van der Waals surface area (Å²) in [4.78, 5) is 31.8. The first-order valence-electron chi connectivity index (χ1n) is 12.6. The molecule has 0 bridgehead atoms. The standard InChI is InChI=1S/C28H30N6O3/c29-16-4-6-23-19(10-16)21(12-31-23)25-26(28(37)32-27(25)36)22-15-34(24-7-5-17(30)11-20(22)24)14-18(35)13-33-8-2-1-3-9-33/h4-7,10-12,15,18,31,35H,1-3,8-9,13-14,29-30H2,(H,32,36,37). The highest BCUT2D eigenvalue weighted by Crippen LogP contribution is 2.39. The maximum absolute atomic E-state index is 13.2. The number of carbonyl (C=O) groups excluding carboxylic acids is 2. The Morgan fingerprint density at radius 2 is 1.54 bits per heavy atom. The lowest BCUT2D eigenvalue weighted by molar-refractivity contribution is -0.122. The molecule has 190 valence electrons. The number of hydrogen-bond acceptors (Lipinski definition) is 6. The molecule has 6 rings (SSSR count). The zero-order valence-corrected chi connectivity index (χ0v) is 20.5. The van der Waals surface area contributed by atoms with E-state index in [9.17, 15) is 14.7 Å². The van der Waals surface area contributed by atoms with Gasteiger partial charge >= 0.3 is 0 Å². The van der Waals surface area contributed by atoms with Crippen molar-refractivity contribution in [2.24, 2.45) is 0 Å². The van der Waals surface area contributed by atoms with Gasteiger partial charge in [-0.25, -0.2) is 0 Å². The van der Waals surface area contributed by atoms with Crippen molar-refractivity contribution in [1.29, 1.82) is 0 Å². The molecule has 0 spiro atoms. The highest BCUT2D eigenvalue weighted by atomic mass is 16.3. The Bertz CT molecular complexity index is 1570. The van der Waals surface area contributed by atoms with Crippen LogP contribution in [0.1, 0.15) is 30.4 Å². The van der Waals surface area contributed by atoms with Crippen LogP contribution < -0.4 is 16.8 Å². The van der Waals surface area contributed by atoms with Gasteiger partial charge in [0.15, 0.2) is 0 Å². The Morgan fingerprint density at radius 1 is 0.865 bits per heavy atom. The Morgan fingerprint density at radius 3 is 2.30 bits per heavy atom. The van der Waals surface area contributed by atoms with Crippen molar-refractivity contribution < 1.29 is 14.7 Å². The Labute approximate surface area is 213 Å². The normalized spacial score (nSPS) is 17.8. The number of nitrogen functional groups attached to an aromatic ring is 2. The molecular formula is C28H30N6O3. The first-order valence-corrected chi connectivity index (χ1v) is 12.6. The summed E-state index contributed by atoms with van der Waals surface area (Å²) in [5.74, 6) is -0.924. The molecule has 9 nitrogen and oxygen atoms in total. The lowest BCUT2D eigenvalue weighted by atomic mass is 9.95. The molecule has 2 aliphatic rings. The quantitative estimate of drug-likeness (QED) is 0.204. The lowest BCUT2D eigenvalue weighted by Crippen LogP contribution is -2.37. The number of β-amino-alcohol motifs (C(OH)–C–C–N with tert-alkyl or cyclic N) is 1. The van der Waals surface area contributed by atoms with Gasteiger partial charge in [-0.1, -0.05) is 6.42 Å². The van der Waals surface area contributed by atoms with Crippen molar-refractivity contribution in [2.75, 3.05) is 31.1 Å². The number of H-pyrrole nitrogens is 1. The molecule has 0 radical (unpaired) electrons. The second-order valence-electron chi connectivity index (χ2n) is 10.0. The van der Waals surface area contributed by atoms with Crippen LogP contribution in [-0.4, -0.2) is 57.1 Å². The molecule has 2 aromatic carbocycles. The number of benzene rings is 2. The number of nitrogens with two attached hydrogens (primary N) is 2. The zero-order chi connectivity index (χ0) is 25.7. The predicted octanol–water partition coefficient (Wildman–Crippen LogP) is 2.70. The fourth-order valence-corrected chi connectivity index (χ4v) is 5.70. The number of likely N-dealkylation sites (tertiary alicyclic amines) is 1. The third kappa shape index (κ3) is 4.16. The summed E-state index contributed by atoms with van der Waals surface area (Å²) in [5.41, 5.74) is 16.7. The van der Waals surface area contributed by atoms with Gasteiger partial charge in [0.25, 0.3) is 11.8 Å². The summed E-state index contributed by atoms with van der Waals surface area (Å²) in [5, 5.41) is 14.9. The number of carbonyl (C=O) groups is 2. The maximum Gasteiger partial charge on any atom is 0.259 e. The number of aliphatic hydroxyl groups is 1. The maximum atomic E-state index is 13.2. The molecular weight excluding hydrogens is 468 g/mol. The van der Waals surface area contributed by atoms with Crippen LogP contribution in [0.25, 0.3) is 33.0 Å². The van der Waals surface area contributed by atoms with Crippen LogP contribution in [0.5, 0.6) is 0 Å². The second-order valence-corrected chi connectivity index (χ2v) is 10.0. The fraction of sp³-hybridized carbons (Fsp3) is 0.286. The van der Waals surface area contributed by atoms with Gasteiger partial charge in [-0.2, -0.15) is 0 Å². The Hall–Kier alpha value is -4.08. The van der Waals surface area contributed by atoms with Gasteiger partial charge in [0.2, 0.25) is 0 Å². The van der Waals surface area contributed by atoms with E-state index in [1.807, 2.05) is 29.0 Å². The third-order valence-corrected chi connectivity index (χ3v) is 7.41. The minimum absolute atomic E-state index is 0.285. The first kappa shape index (κ1) is 23.3. The number of nitrogens with zero attached hydrogens (tertiary/aromatic N) is 2. The molecule has 1 unspecified atom stereocenters. The van der Waals surface area contributed by atoms with Crippen LogP contribution in [0.2, 0.25) is 0 Å². The lowest BCUT2D eigenvalue weighted by Gasteiger charge is -2.28. The van der Waals surface area contributed by atoms with Gasteiger partial charge in [0, 0.05) is 69.8 Å². The van der Waals surface area contributed by atoms with Crippen molar-refractivity contribution in [3.05, 3.63) is 59.9 Å². The molecule has 7 N–H and O–H groups in total. The number of aliphatic hydroxyl groups excluding tert-OH is 1. The number of fused-ring (bicyclic) bond motifs is 2. The number of imide groups is 1. The average molecular weight is 499 g/mol. The van der Waals surface area contributed by atoms with Gasteiger partial charge in [-0.05, 0) is 62.3 Å². The number of rotatable bonds is 6. The Kier molecular flexibility index (Phi) is 5.73. The van der Waals surface area contributed by atoms with Crippen molar-refractivity contribution in [2.45, 2.75) is 31.9 Å². The van der Waals surface area contributed by atoms with Crippen LogP contribution in [-0.2, 0) is 16.1 Å². The monoisotopic (exact) mass is 498 g/mol. The molecule has 0 saturated carbocycles. The molecule has 4 heterocycles. The molecule has 1 fully saturated rings. The summed E-state index contributed by atoms with van der Waals surface area (Å²) in [6.45, 7) is 2.95. The zero-order valence-electron chi connectivity index (χ0n) is 20.5. The summed E-state index contributed by atoms with van der Waals surface area (Å²) in [7, 11) is 0. The summed E-state index contributed by atoms with van der Waals surface area (Å²) in [6, 6.07) is 10.9. The van der Waals surface area contributed by atoms with Gasteiger partial charge in [-0.3, -0.25) is 14.9 Å². The van der Waals surface area contributed by atoms with E-state index in [-0.39, 0.29) is 11.1 Å². The SMILES string of the molecule is Nc1ccc2[nH]cc(C3=C(c4cn(CC(O)CN5CCCCC5)c5ccc(N)cc45)C(=O)NC3=O)c2c1. The van der Waals surface area contributed by atoms with Crippen LogP contribution in [0, 0.1) is 0 Å². The molecule has 9 heteroatoms. The molecule has 0 aliphatic carbocycles. The molecule has 4 aromatic rings. The van der Waals surface area contributed by atoms with E-state index in [1.54, 1.807) is 24.4 Å². The predicted molar refractivity (Wildman–Crippen MR) is 145 cm³/mol. The van der Waals surface area contributed by atoms with E-state index in [4.69, 9.17) is 11.5 Å². The second kappa shape index (κ2) is 9.10. The van der Waals surface area contributed by atoms with E-state index in [2.05, 4.69) is 15.2 Å². The van der Waals surface area contributed by atoms with Crippen molar-refractivity contribution in [1.82, 2.24) is 19.8 Å². The summed E-state index contributed by atoms with van der Waals surface area (Å²) >= 11 is 0. The number of anilines is 2. The van der Waals surface area contributed by atoms with Crippen molar-refractivity contribution in [3.63, 3.8) is 0 Å². The van der Waals surface area contributed by atoms with Crippen molar-refractivity contribution in [3.8, 4) is 0 Å². The average Bonchev–Trinajstić information content (AvgIpc) is 3.51. The van der Waals surface area contributed by atoms with E-state index in [0.29, 0.717) is 35.6 Å². The van der Waals surface area contributed by atoms with Crippen LogP contribution >= 0.6 is 0 Å². The highest BCUT2D eigenvalue weighted by molar-refractivity contribution is 6.50. The van der Waals surface area contributed by atoms with Crippen LogP contribution in [0.3, 0.4) is 0 Å². The molecule has 37 heavy (non-hydrogen) atoms. The van der Waals surface area contributed by atoms with Gasteiger partial charge in [-0.15, -0.1) is 0 Å². The van der Waals surface area contributed by atoms with Gasteiger partial charge < -0.3 is 31.0 Å².